The smallest absolute Gasteiger partial charge is 0.253 e. The fraction of sp³-hybridized carbons (Fsp3) is 0.368. The molecule has 0 unspecified atom stereocenters. The largest absolute Gasteiger partial charge is 0.475 e. The third-order valence-electron chi connectivity index (χ3n) is 4.24. The molecule has 1 aliphatic carbocycles. The minimum absolute atomic E-state index is 0.0183. The van der Waals surface area contributed by atoms with Gasteiger partial charge >= 0.3 is 0 Å². The first-order chi connectivity index (χ1) is 14.3. The molecule has 2 aromatic rings. The Hall–Kier alpha value is -1.91. The number of sulfonamides is 1. The van der Waals surface area contributed by atoms with Crippen molar-refractivity contribution in [2.24, 2.45) is 0 Å². The minimum Gasteiger partial charge on any atom is -0.475 e. The Balaban J connectivity index is 1.67. The number of rotatable bonds is 10. The number of halogens is 2. The number of pyridine rings is 1. The van der Waals surface area contributed by atoms with Crippen LogP contribution in [0.3, 0.4) is 0 Å². The molecule has 1 aliphatic rings. The first-order valence-corrected chi connectivity index (χ1v) is 11.4. The molecule has 0 saturated heterocycles. The highest BCUT2D eigenvalue weighted by atomic mass is 35.5. The predicted molar refractivity (Wildman–Crippen MR) is 113 cm³/mol. The molecule has 0 aliphatic heterocycles. The van der Waals surface area contributed by atoms with E-state index in [1.807, 2.05) is 0 Å². The van der Waals surface area contributed by atoms with Crippen LogP contribution in [0, 0.1) is 0 Å². The van der Waals surface area contributed by atoms with Crippen molar-refractivity contribution in [1.82, 2.24) is 15.0 Å². The van der Waals surface area contributed by atoms with Gasteiger partial charge in [0, 0.05) is 32.0 Å². The normalized spacial score (nSPS) is 13.8. The number of methoxy groups -OCH3 is 1. The molecule has 30 heavy (non-hydrogen) atoms. The number of benzene rings is 1. The van der Waals surface area contributed by atoms with Gasteiger partial charge in [-0.2, -0.15) is 0 Å². The Morgan fingerprint density at radius 1 is 1.20 bits per heavy atom. The van der Waals surface area contributed by atoms with Crippen molar-refractivity contribution in [1.29, 1.82) is 0 Å². The molecular formula is C19H21Cl2N3O5S. The molecule has 2 N–H and O–H groups in total. The van der Waals surface area contributed by atoms with Crippen molar-refractivity contribution >= 4 is 39.1 Å². The van der Waals surface area contributed by atoms with Crippen LogP contribution >= 0.6 is 23.2 Å². The summed E-state index contributed by atoms with van der Waals surface area (Å²) in [6.45, 7) is 1.01. The molecule has 0 atom stereocenters. The number of amides is 1. The Morgan fingerprint density at radius 2 is 1.97 bits per heavy atom. The van der Waals surface area contributed by atoms with Gasteiger partial charge in [0.1, 0.15) is 11.5 Å². The second-order valence-electron chi connectivity index (χ2n) is 6.69. The van der Waals surface area contributed by atoms with Crippen molar-refractivity contribution < 1.29 is 22.7 Å². The number of carbonyl (C=O) groups excluding carboxylic acids is 1. The highest BCUT2D eigenvalue weighted by Gasteiger charge is 2.30. The lowest BCUT2D eigenvalue weighted by molar-refractivity contribution is 0.0951. The van der Waals surface area contributed by atoms with Crippen LogP contribution in [0.15, 0.2) is 35.4 Å². The van der Waals surface area contributed by atoms with Gasteiger partial charge in [-0.1, -0.05) is 29.3 Å². The topological polar surface area (TPSA) is 107 Å². The van der Waals surface area contributed by atoms with E-state index in [2.05, 4.69) is 15.0 Å². The molecule has 0 spiro atoms. The van der Waals surface area contributed by atoms with Gasteiger partial charge in [-0.15, -0.1) is 0 Å². The zero-order valence-corrected chi connectivity index (χ0v) is 18.5. The van der Waals surface area contributed by atoms with Gasteiger partial charge in [-0.3, -0.25) is 4.79 Å². The molecule has 1 heterocycles. The van der Waals surface area contributed by atoms with E-state index < -0.39 is 15.9 Å². The second kappa shape index (κ2) is 9.93. The molecule has 1 saturated carbocycles. The van der Waals surface area contributed by atoms with E-state index in [0.29, 0.717) is 19.1 Å². The third kappa shape index (κ3) is 6.05. The monoisotopic (exact) mass is 473 g/mol. The van der Waals surface area contributed by atoms with Crippen LogP contribution in [0.5, 0.6) is 5.88 Å². The lowest BCUT2D eigenvalue weighted by Gasteiger charge is -2.12. The second-order valence-corrected chi connectivity index (χ2v) is 9.18. The number of carbonyl (C=O) groups is 1. The van der Waals surface area contributed by atoms with Crippen molar-refractivity contribution in [2.75, 3.05) is 20.3 Å². The summed E-state index contributed by atoms with van der Waals surface area (Å²) in [7, 11) is -2.25. The molecule has 162 valence electrons. The summed E-state index contributed by atoms with van der Waals surface area (Å²) >= 11 is 12.2. The molecule has 1 aromatic heterocycles. The maximum Gasteiger partial charge on any atom is 0.253 e. The van der Waals surface area contributed by atoms with Gasteiger partial charge in [0.25, 0.3) is 5.91 Å². The van der Waals surface area contributed by atoms with Crippen LogP contribution in [-0.4, -0.2) is 45.7 Å². The Labute approximate surface area is 184 Å². The number of nitrogens with zero attached hydrogens (tertiary/aromatic N) is 1. The van der Waals surface area contributed by atoms with Crippen molar-refractivity contribution in [2.45, 2.75) is 30.3 Å². The van der Waals surface area contributed by atoms with Gasteiger partial charge in [-0.05, 0) is 30.5 Å². The average Bonchev–Trinajstić information content (AvgIpc) is 3.50. The molecule has 1 aromatic carbocycles. The lowest BCUT2D eigenvalue weighted by atomic mass is 10.2. The highest BCUT2D eigenvalue weighted by Crippen LogP contribution is 2.30. The van der Waals surface area contributed by atoms with Gasteiger partial charge in [0.2, 0.25) is 15.9 Å². The lowest BCUT2D eigenvalue weighted by Crippen LogP contribution is -2.27. The first-order valence-electron chi connectivity index (χ1n) is 9.16. The quantitative estimate of drug-likeness (QED) is 0.513. The van der Waals surface area contributed by atoms with E-state index >= 15 is 0 Å². The number of hydrogen-bond donors (Lipinski definition) is 2. The van der Waals surface area contributed by atoms with E-state index in [4.69, 9.17) is 32.7 Å². The Bertz CT molecular complexity index is 1010. The van der Waals surface area contributed by atoms with Crippen LogP contribution in [-0.2, 0) is 21.3 Å². The summed E-state index contributed by atoms with van der Waals surface area (Å²) in [6.07, 6.45) is 3.13. The van der Waals surface area contributed by atoms with Gasteiger partial charge < -0.3 is 14.8 Å². The van der Waals surface area contributed by atoms with Crippen LogP contribution in [0.1, 0.15) is 28.8 Å². The summed E-state index contributed by atoms with van der Waals surface area (Å²) in [5, 5.41) is 2.71. The predicted octanol–water partition coefficient (Wildman–Crippen LogP) is 2.78. The zero-order valence-electron chi connectivity index (χ0n) is 16.2. The first kappa shape index (κ1) is 22.8. The Kier molecular flexibility index (Phi) is 7.54. The van der Waals surface area contributed by atoms with Crippen LogP contribution in [0.2, 0.25) is 10.0 Å². The van der Waals surface area contributed by atoms with Crippen LogP contribution in [0.4, 0.5) is 0 Å². The fourth-order valence-corrected chi connectivity index (χ4v) is 4.67. The summed E-state index contributed by atoms with van der Waals surface area (Å²) in [4.78, 5) is 16.6. The molecule has 11 heteroatoms. The number of aromatic nitrogens is 1. The minimum atomic E-state index is -3.84. The SMILES string of the molecule is COCCOc1ccc(CNC(=O)c2cc(S(=O)(=O)NC3CC3)c(Cl)cc2Cl)cn1. The molecule has 0 bridgehead atoms. The maximum atomic E-state index is 12.6. The molecule has 3 rings (SSSR count). The summed E-state index contributed by atoms with van der Waals surface area (Å²) in [6, 6.07) is 5.80. The van der Waals surface area contributed by atoms with E-state index in [-0.39, 0.29) is 33.1 Å². The van der Waals surface area contributed by atoms with Crippen molar-refractivity contribution in [3.05, 3.63) is 51.6 Å². The molecule has 0 radical (unpaired) electrons. The van der Waals surface area contributed by atoms with Gasteiger partial charge in [0.15, 0.2) is 0 Å². The standard InChI is InChI=1S/C19H21Cl2N3O5S/c1-28-6-7-29-18-5-2-12(10-22-18)11-23-19(25)14-8-17(16(21)9-15(14)20)30(26,27)24-13-3-4-13/h2,5,8-10,13,24H,3-4,6-7,11H2,1H3,(H,23,25). The number of hydrogen-bond acceptors (Lipinski definition) is 6. The molecule has 1 fully saturated rings. The highest BCUT2D eigenvalue weighted by molar-refractivity contribution is 7.89. The molecule has 8 nitrogen and oxygen atoms in total. The van der Waals surface area contributed by atoms with Crippen molar-refractivity contribution in [3.63, 3.8) is 0 Å². The van der Waals surface area contributed by atoms with Crippen LogP contribution < -0.4 is 14.8 Å². The number of nitrogens with one attached hydrogen (secondary N) is 2. The third-order valence-corrected chi connectivity index (χ3v) is 6.54. The Morgan fingerprint density at radius 3 is 2.60 bits per heavy atom. The van der Waals surface area contributed by atoms with Gasteiger partial charge in [0.05, 0.1) is 22.2 Å². The van der Waals surface area contributed by atoms with Crippen LogP contribution in [0.25, 0.3) is 0 Å². The van der Waals surface area contributed by atoms with E-state index in [9.17, 15) is 13.2 Å². The fourth-order valence-electron chi connectivity index (χ4n) is 2.50. The van der Waals surface area contributed by atoms with Gasteiger partial charge in [-0.25, -0.2) is 18.1 Å². The summed E-state index contributed by atoms with van der Waals surface area (Å²) in [5.74, 6) is -0.0826. The van der Waals surface area contributed by atoms with E-state index in [1.165, 1.54) is 12.1 Å². The zero-order chi connectivity index (χ0) is 21.7. The molecule has 1 amide bonds. The average molecular weight is 474 g/mol. The number of ether oxygens (including phenoxy) is 2. The summed E-state index contributed by atoms with van der Waals surface area (Å²) in [5.41, 5.74) is 0.750. The molecular weight excluding hydrogens is 453 g/mol. The van der Waals surface area contributed by atoms with Crippen molar-refractivity contribution in [3.8, 4) is 5.88 Å². The van der Waals surface area contributed by atoms with E-state index in [1.54, 1.807) is 25.4 Å². The maximum absolute atomic E-state index is 12.6. The van der Waals surface area contributed by atoms with E-state index in [0.717, 1.165) is 18.4 Å². The summed E-state index contributed by atoms with van der Waals surface area (Å²) < 4.78 is 37.8.